The molecule has 6 nitrogen and oxygen atoms in total. The number of nitrogens with zero attached hydrogens (tertiary/aromatic N) is 2. The average Bonchev–Trinajstić information content (AvgIpc) is 2.91. The summed E-state index contributed by atoms with van der Waals surface area (Å²) in [7, 11) is -3.57. The lowest BCUT2D eigenvalue weighted by atomic mass is 10.2. The highest BCUT2D eigenvalue weighted by Crippen LogP contribution is 2.16. The predicted molar refractivity (Wildman–Crippen MR) is 66.2 cm³/mol. The number of hydrogen-bond donors (Lipinski definition) is 2. The van der Waals surface area contributed by atoms with Gasteiger partial charge < -0.3 is 4.98 Å². The van der Waals surface area contributed by atoms with Crippen LogP contribution < -0.4 is 4.72 Å². The van der Waals surface area contributed by atoms with E-state index in [-0.39, 0.29) is 10.9 Å². The smallest absolute Gasteiger partial charge is 0.242 e. The SMILES string of the molecule is CCC(NS(=O)(=O)c1cccnc1)c1ncc[nH]1. The van der Waals surface area contributed by atoms with Gasteiger partial charge in [0.15, 0.2) is 0 Å². The number of nitrogens with one attached hydrogen (secondary N) is 2. The maximum Gasteiger partial charge on any atom is 0.242 e. The third-order valence-electron chi connectivity index (χ3n) is 2.50. The summed E-state index contributed by atoms with van der Waals surface area (Å²) in [4.78, 5) is 10.9. The number of aromatic amines is 1. The molecule has 0 aliphatic carbocycles. The second kappa shape index (κ2) is 5.28. The topological polar surface area (TPSA) is 87.7 Å². The Morgan fingerprint density at radius 3 is 2.83 bits per heavy atom. The van der Waals surface area contributed by atoms with Gasteiger partial charge in [0.05, 0.1) is 6.04 Å². The Hall–Kier alpha value is -1.73. The van der Waals surface area contributed by atoms with Gasteiger partial charge in [0.1, 0.15) is 10.7 Å². The molecule has 0 fully saturated rings. The van der Waals surface area contributed by atoms with Crippen molar-refractivity contribution in [3.63, 3.8) is 0 Å². The summed E-state index contributed by atoms with van der Waals surface area (Å²) in [6.07, 6.45) is 6.71. The maximum atomic E-state index is 12.1. The summed E-state index contributed by atoms with van der Waals surface area (Å²) in [5, 5.41) is 0. The lowest BCUT2D eigenvalue weighted by Crippen LogP contribution is -2.29. The molecule has 18 heavy (non-hydrogen) atoms. The molecule has 2 aromatic heterocycles. The molecular weight excluding hydrogens is 252 g/mol. The lowest BCUT2D eigenvalue weighted by Gasteiger charge is -2.14. The third-order valence-corrected chi connectivity index (χ3v) is 3.96. The molecule has 0 aliphatic rings. The largest absolute Gasteiger partial charge is 0.347 e. The fourth-order valence-corrected chi connectivity index (χ4v) is 2.81. The number of hydrogen-bond acceptors (Lipinski definition) is 4. The zero-order chi connectivity index (χ0) is 13.0. The van der Waals surface area contributed by atoms with Gasteiger partial charge in [-0.15, -0.1) is 0 Å². The van der Waals surface area contributed by atoms with E-state index in [2.05, 4.69) is 19.7 Å². The highest BCUT2D eigenvalue weighted by molar-refractivity contribution is 7.89. The van der Waals surface area contributed by atoms with E-state index in [0.29, 0.717) is 12.2 Å². The molecule has 0 amide bonds. The first-order chi connectivity index (χ1) is 8.63. The highest BCUT2D eigenvalue weighted by atomic mass is 32.2. The van der Waals surface area contributed by atoms with Gasteiger partial charge in [0.25, 0.3) is 0 Å². The first kappa shape index (κ1) is 12.7. The van der Waals surface area contributed by atoms with Gasteiger partial charge in [0.2, 0.25) is 10.0 Å². The van der Waals surface area contributed by atoms with E-state index < -0.39 is 10.0 Å². The Labute approximate surface area is 106 Å². The minimum absolute atomic E-state index is 0.148. The first-order valence-corrected chi connectivity index (χ1v) is 7.03. The Kier molecular flexibility index (Phi) is 3.73. The van der Waals surface area contributed by atoms with Crippen LogP contribution in [0.3, 0.4) is 0 Å². The van der Waals surface area contributed by atoms with Gasteiger partial charge in [-0.3, -0.25) is 4.98 Å². The van der Waals surface area contributed by atoms with E-state index in [1.165, 1.54) is 18.5 Å². The zero-order valence-corrected chi connectivity index (χ0v) is 10.7. The van der Waals surface area contributed by atoms with Crippen LogP contribution in [0.5, 0.6) is 0 Å². The zero-order valence-electron chi connectivity index (χ0n) is 9.87. The van der Waals surface area contributed by atoms with Crippen LogP contribution in [0.4, 0.5) is 0 Å². The molecule has 2 aromatic rings. The summed E-state index contributed by atoms with van der Waals surface area (Å²) in [6, 6.07) is 2.72. The van der Waals surface area contributed by atoms with Crippen molar-refractivity contribution in [3.8, 4) is 0 Å². The van der Waals surface area contributed by atoms with E-state index in [1.54, 1.807) is 18.5 Å². The van der Waals surface area contributed by atoms with Crippen LogP contribution in [0.15, 0.2) is 41.8 Å². The van der Waals surface area contributed by atoms with Gasteiger partial charge in [-0.05, 0) is 18.6 Å². The lowest BCUT2D eigenvalue weighted by molar-refractivity contribution is 0.539. The van der Waals surface area contributed by atoms with Crippen LogP contribution in [0.25, 0.3) is 0 Å². The third kappa shape index (κ3) is 2.74. The molecule has 2 rings (SSSR count). The molecule has 1 atom stereocenters. The van der Waals surface area contributed by atoms with Crippen LogP contribution in [0.2, 0.25) is 0 Å². The molecule has 0 aliphatic heterocycles. The first-order valence-electron chi connectivity index (χ1n) is 5.55. The predicted octanol–water partition coefficient (Wildman–Crippen LogP) is 1.23. The summed E-state index contributed by atoms with van der Waals surface area (Å²) in [6.45, 7) is 1.89. The number of H-pyrrole nitrogens is 1. The second-order valence-electron chi connectivity index (χ2n) is 3.75. The van der Waals surface area contributed by atoms with Crippen molar-refractivity contribution in [2.24, 2.45) is 0 Å². The second-order valence-corrected chi connectivity index (χ2v) is 5.46. The van der Waals surface area contributed by atoms with Crippen molar-refractivity contribution in [3.05, 3.63) is 42.7 Å². The molecule has 2 N–H and O–H groups in total. The summed E-state index contributed by atoms with van der Waals surface area (Å²) >= 11 is 0. The highest BCUT2D eigenvalue weighted by Gasteiger charge is 2.21. The van der Waals surface area contributed by atoms with E-state index in [0.717, 1.165) is 0 Å². The van der Waals surface area contributed by atoms with Gasteiger partial charge in [-0.25, -0.2) is 18.1 Å². The van der Waals surface area contributed by atoms with Crippen molar-refractivity contribution in [2.75, 3.05) is 0 Å². The molecular formula is C11H14N4O2S. The van der Waals surface area contributed by atoms with Gasteiger partial charge in [-0.1, -0.05) is 6.92 Å². The maximum absolute atomic E-state index is 12.1. The average molecular weight is 266 g/mol. The molecule has 0 saturated heterocycles. The number of pyridine rings is 1. The van der Waals surface area contributed by atoms with Gasteiger partial charge in [-0.2, -0.15) is 0 Å². The Bertz CT molecular complexity index is 581. The minimum Gasteiger partial charge on any atom is -0.347 e. The minimum atomic E-state index is -3.57. The molecule has 0 saturated carbocycles. The van der Waals surface area contributed by atoms with Crippen molar-refractivity contribution < 1.29 is 8.42 Å². The van der Waals surface area contributed by atoms with E-state index in [9.17, 15) is 8.42 Å². The molecule has 7 heteroatoms. The van der Waals surface area contributed by atoms with E-state index in [1.807, 2.05) is 6.92 Å². The Balaban J connectivity index is 2.22. The Morgan fingerprint density at radius 2 is 2.28 bits per heavy atom. The van der Waals surface area contributed by atoms with Crippen molar-refractivity contribution in [1.82, 2.24) is 19.7 Å². The van der Waals surface area contributed by atoms with Crippen molar-refractivity contribution >= 4 is 10.0 Å². The monoisotopic (exact) mass is 266 g/mol. The summed E-state index contributed by atoms with van der Waals surface area (Å²) in [5.74, 6) is 0.602. The number of imidazole rings is 1. The van der Waals surface area contributed by atoms with Crippen LogP contribution >= 0.6 is 0 Å². The normalized spacial score (nSPS) is 13.4. The van der Waals surface area contributed by atoms with Crippen molar-refractivity contribution in [2.45, 2.75) is 24.3 Å². The number of rotatable bonds is 5. The van der Waals surface area contributed by atoms with Gasteiger partial charge >= 0.3 is 0 Å². The van der Waals surface area contributed by atoms with E-state index >= 15 is 0 Å². The van der Waals surface area contributed by atoms with E-state index in [4.69, 9.17) is 0 Å². The molecule has 0 spiro atoms. The Morgan fingerprint density at radius 1 is 1.44 bits per heavy atom. The molecule has 96 valence electrons. The summed E-state index contributed by atoms with van der Waals surface area (Å²) in [5.41, 5.74) is 0. The molecule has 2 heterocycles. The number of aromatic nitrogens is 3. The van der Waals surface area contributed by atoms with Crippen LogP contribution in [-0.4, -0.2) is 23.4 Å². The summed E-state index contributed by atoms with van der Waals surface area (Å²) < 4.78 is 26.8. The van der Waals surface area contributed by atoms with Crippen LogP contribution in [0.1, 0.15) is 25.2 Å². The molecule has 1 unspecified atom stereocenters. The number of sulfonamides is 1. The standard InChI is InChI=1S/C11H14N4O2S/c1-2-10(11-13-6-7-14-11)15-18(16,17)9-4-3-5-12-8-9/h3-8,10,15H,2H2,1H3,(H,13,14). The van der Waals surface area contributed by atoms with Crippen molar-refractivity contribution in [1.29, 1.82) is 0 Å². The quantitative estimate of drug-likeness (QED) is 0.852. The van der Waals surface area contributed by atoms with Crippen LogP contribution in [0, 0.1) is 0 Å². The fourth-order valence-electron chi connectivity index (χ4n) is 1.56. The molecule has 0 radical (unpaired) electrons. The fraction of sp³-hybridized carbons (Fsp3) is 0.273. The van der Waals surface area contributed by atoms with Crippen LogP contribution in [-0.2, 0) is 10.0 Å². The molecule has 0 bridgehead atoms. The van der Waals surface area contributed by atoms with Gasteiger partial charge in [0, 0.05) is 24.8 Å². The molecule has 0 aromatic carbocycles.